The van der Waals surface area contributed by atoms with Gasteiger partial charge in [-0.1, -0.05) is 6.07 Å². The van der Waals surface area contributed by atoms with Gasteiger partial charge in [0, 0.05) is 6.07 Å². The number of benzene rings is 1. The van der Waals surface area contributed by atoms with Crippen LogP contribution in [0.1, 0.15) is 17.3 Å². The highest BCUT2D eigenvalue weighted by Gasteiger charge is 2.29. The fraction of sp³-hybridized carbons (Fsp3) is 0.200. The molecule has 88 valence electrons. The molecule has 1 aromatic carbocycles. The monoisotopic (exact) mass is 235 g/mol. The highest BCUT2D eigenvalue weighted by atomic mass is 16.6. The van der Waals surface area contributed by atoms with Gasteiger partial charge in [0.15, 0.2) is 0 Å². The smallest absolute Gasteiger partial charge is 0.293 e. The van der Waals surface area contributed by atoms with Crippen molar-refractivity contribution in [1.29, 1.82) is 0 Å². The van der Waals surface area contributed by atoms with E-state index in [1.807, 2.05) is 0 Å². The lowest BCUT2D eigenvalue weighted by Crippen LogP contribution is -2.38. The fourth-order valence-corrected chi connectivity index (χ4v) is 1.58. The Morgan fingerprint density at radius 2 is 2.06 bits per heavy atom. The van der Waals surface area contributed by atoms with Crippen LogP contribution in [0.25, 0.3) is 0 Å². The lowest BCUT2D eigenvalue weighted by Gasteiger charge is -2.06. The molecule has 7 nitrogen and oxygen atoms in total. The summed E-state index contributed by atoms with van der Waals surface area (Å²) in [5.41, 5.74) is -0.249. The molecule has 0 unspecified atom stereocenters. The Morgan fingerprint density at radius 3 is 2.71 bits per heavy atom. The largest absolute Gasteiger partial charge is 0.340 e. The van der Waals surface area contributed by atoms with Gasteiger partial charge in [-0.15, -0.1) is 0 Å². The second-order valence-corrected chi connectivity index (χ2v) is 3.64. The summed E-state index contributed by atoms with van der Waals surface area (Å²) in [4.78, 5) is 33.4. The minimum absolute atomic E-state index is 0.0515. The Hall–Kier alpha value is -2.44. The average molecular weight is 235 g/mol. The van der Waals surface area contributed by atoms with Crippen LogP contribution in [-0.4, -0.2) is 22.8 Å². The molecule has 7 heteroatoms. The molecule has 0 bridgehead atoms. The summed E-state index contributed by atoms with van der Waals surface area (Å²) in [5.74, 6) is -0.985. The third-order valence-electron chi connectivity index (χ3n) is 2.47. The molecule has 2 rings (SSSR count). The van der Waals surface area contributed by atoms with Crippen LogP contribution >= 0.6 is 0 Å². The first-order valence-electron chi connectivity index (χ1n) is 4.90. The zero-order valence-electron chi connectivity index (χ0n) is 8.89. The van der Waals surface area contributed by atoms with Crippen LogP contribution in [0, 0.1) is 10.1 Å². The summed E-state index contributed by atoms with van der Waals surface area (Å²) >= 11 is 0. The number of rotatable bonds is 1. The van der Waals surface area contributed by atoms with Gasteiger partial charge < -0.3 is 10.6 Å². The molecule has 1 heterocycles. The van der Waals surface area contributed by atoms with E-state index in [2.05, 4.69) is 10.6 Å². The Kier molecular flexibility index (Phi) is 2.51. The van der Waals surface area contributed by atoms with Gasteiger partial charge >= 0.3 is 0 Å². The Bertz CT molecular complexity index is 526. The predicted molar refractivity (Wildman–Crippen MR) is 58.7 cm³/mol. The van der Waals surface area contributed by atoms with Crippen molar-refractivity contribution in [2.45, 2.75) is 13.0 Å². The van der Waals surface area contributed by atoms with E-state index in [-0.39, 0.29) is 16.9 Å². The van der Waals surface area contributed by atoms with Crippen molar-refractivity contribution in [3.05, 3.63) is 33.9 Å². The van der Waals surface area contributed by atoms with Gasteiger partial charge in [0.2, 0.25) is 5.91 Å². The van der Waals surface area contributed by atoms with Crippen LogP contribution in [0.2, 0.25) is 0 Å². The molecule has 1 atom stereocenters. The standard InChI is InChI=1S/C10H9N3O4/c1-5-9(14)12-8-6(10(15)11-5)3-2-4-7(8)13(16)17/h2-5H,1H3,(H,11,15)(H,12,14)/t5-/m0/s1. The van der Waals surface area contributed by atoms with Crippen molar-refractivity contribution >= 4 is 23.2 Å². The third-order valence-corrected chi connectivity index (χ3v) is 2.47. The highest BCUT2D eigenvalue weighted by Crippen LogP contribution is 2.29. The molecule has 0 aliphatic carbocycles. The number of hydrogen-bond acceptors (Lipinski definition) is 4. The van der Waals surface area contributed by atoms with E-state index in [0.717, 1.165) is 0 Å². The van der Waals surface area contributed by atoms with E-state index in [4.69, 9.17) is 0 Å². The summed E-state index contributed by atoms with van der Waals surface area (Å²) in [6.07, 6.45) is 0. The zero-order chi connectivity index (χ0) is 12.6. The average Bonchev–Trinajstić information content (AvgIpc) is 2.37. The summed E-state index contributed by atoms with van der Waals surface area (Å²) in [6, 6.07) is 3.34. The number of fused-ring (bicyclic) bond motifs is 1. The number of nitrogens with zero attached hydrogens (tertiary/aromatic N) is 1. The number of nitro groups is 1. The number of nitro benzene ring substituents is 1. The van der Waals surface area contributed by atoms with Gasteiger partial charge in [0.05, 0.1) is 10.5 Å². The van der Waals surface area contributed by atoms with Crippen molar-refractivity contribution in [3.8, 4) is 0 Å². The summed E-state index contributed by atoms with van der Waals surface area (Å²) in [5, 5.41) is 15.6. The van der Waals surface area contributed by atoms with Gasteiger partial charge in [-0.25, -0.2) is 0 Å². The third kappa shape index (κ3) is 1.82. The van der Waals surface area contributed by atoms with E-state index in [1.165, 1.54) is 25.1 Å². The van der Waals surface area contributed by atoms with Crippen LogP contribution in [0.5, 0.6) is 0 Å². The van der Waals surface area contributed by atoms with Crippen molar-refractivity contribution in [2.75, 3.05) is 5.32 Å². The maximum absolute atomic E-state index is 11.7. The number of amides is 2. The number of para-hydroxylation sites is 1. The van der Waals surface area contributed by atoms with Crippen LogP contribution in [0.3, 0.4) is 0 Å². The predicted octanol–water partition coefficient (Wildman–Crippen LogP) is 0.665. The molecule has 1 aliphatic rings. The van der Waals surface area contributed by atoms with Crippen molar-refractivity contribution in [2.24, 2.45) is 0 Å². The van der Waals surface area contributed by atoms with Gasteiger partial charge in [-0.05, 0) is 13.0 Å². The minimum Gasteiger partial charge on any atom is -0.340 e. The lowest BCUT2D eigenvalue weighted by molar-refractivity contribution is -0.383. The van der Waals surface area contributed by atoms with E-state index < -0.39 is 22.8 Å². The van der Waals surface area contributed by atoms with Crippen LogP contribution in [0.15, 0.2) is 18.2 Å². The van der Waals surface area contributed by atoms with E-state index >= 15 is 0 Å². The minimum atomic E-state index is -0.727. The van der Waals surface area contributed by atoms with Gasteiger partial charge in [0.25, 0.3) is 11.6 Å². The lowest BCUT2D eigenvalue weighted by atomic mass is 10.1. The molecule has 1 aliphatic heterocycles. The van der Waals surface area contributed by atoms with Gasteiger partial charge in [-0.2, -0.15) is 0 Å². The number of carbonyl (C=O) groups is 2. The molecular weight excluding hydrogens is 226 g/mol. The first-order chi connectivity index (χ1) is 8.00. The molecule has 0 saturated carbocycles. The summed E-state index contributed by atoms with van der Waals surface area (Å²) < 4.78 is 0. The Labute approximate surface area is 96.0 Å². The molecule has 2 amide bonds. The number of anilines is 1. The number of nitrogens with one attached hydrogen (secondary N) is 2. The van der Waals surface area contributed by atoms with Gasteiger partial charge in [-0.3, -0.25) is 19.7 Å². The maximum Gasteiger partial charge on any atom is 0.293 e. The quantitative estimate of drug-likeness (QED) is 0.551. The van der Waals surface area contributed by atoms with Crippen LogP contribution in [0.4, 0.5) is 11.4 Å². The Balaban J connectivity index is 2.61. The van der Waals surface area contributed by atoms with Crippen molar-refractivity contribution in [3.63, 3.8) is 0 Å². The molecule has 0 spiro atoms. The maximum atomic E-state index is 11.7. The topological polar surface area (TPSA) is 101 Å². The fourth-order valence-electron chi connectivity index (χ4n) is 1.58. The highest BCUT2D eigenvalue weighted by molar-refractivity contribution is 6.11. The van der Waals surface area contributed by atoms with E-state index in [9.17, 15) is 19.7 Å². The first-order valence-corrected chi connectivity index (χ1v) is 4.90. The molecule has 0 aromatic heterocycles. The zero-order valence-corrected chi connectivity index (χ0v) is 8.89. The first kappa shape index (κ1) is 11.1. The second-order valence-electron chi connectivity index (χ2n) is 3.64. The summed E-state index contributed by atoms with van der Waals surface area (Å²) in [7, 11) is 0. The number of carbonyl (C=O) groups excluding carboxylic acids is 2. The van der Waals surface area contributed by atoms with E-state index in [0.29, 0.717) is 0 Å². The second kappa shape index (κ2) is 3.85. The molecule has 1 aromatic rings. The molecule has 0 saturated heterocycles. The molecule has 17 heavy (non-hydrogen) atoms. The van der Waals surface area contributed by atoms with Crippen molar-refractivity contribution < 1.29 is 14.5 Å². The summed E-state index contributed by atoms with van der Waals surface area (Å²) in [6.45, 7) is 1.50. The normalized spacial score (nSPS) is 18.8. The number of hydrogen-bond donors (Lipinski definition) is 2. The van der Waals surface area contributed by atoms with Crippen LogP contribution < -0.4 is 10.6 Å². The van der Waals surface area contributed by atoms with Crippen LogP contribution in [-0.2, 0) is 4.79 Å². The molecular formula is C10H9N3O4. The van der Waals surface area contributed by atoms with Gasteiger partial charge in [0.1, 0.15) is 11.7 Å². The SMILES string of the molecule is C[C@@H]1NC(=O)c2cccc([N+](=O)[O-])c2NC1=O. The Morgan fingerprint density at radius 1 is 1.35 bits per heavy atom. The van der Waals surface area contributed by atoms with E-state index in [1.54, 1.807) is 0 Å². The van der Waals surface area contributed by atoms with Crippen molar-refractivity contribution in [1.82, 2.24) is 5.32 Å². The molecule has 0 radical (unpaired) electrons. The molecule has 2 N–H and O–H groups in total. The molecule has 0 fully saturated rings.